The number of hydrogen-bond donors (Lipinski definition) is 1. The van der Waals surface area contributed by atoms with E-state index in [1.165, 1.54) is 12.8 Å². The zero-order valence-electron chi connectivity index (χ0n) is 10.7. The van der Waals surface area contributed by atoms with Crippen LogP contribution < -0.4 is 5.32 Å². The summed E-state index contributed by atoms with van der Waals surface area (Å²) in [6.45, 7) is 2.99. The van der Waals surface area contributed by atoms with Crippen molar-refractivity contribution in [2.45, 2.75) is 50.5 Å². The van der Waals surface area contributed by atoms with Crippen molar-refractivity contribution in [1.82, 2.24) is 15.5 Å². The van der Waals surface area contributed by atoms with E-state index in [9.17, 15) is 0 Å². The Hall–Kier alpha value is -0.940. The van der Waals surface area contributed by atoms with E-state index in [4.69, 9.17) is 9.26 Å². The van der Waals surface area contributed by atoms with Crippen LogP contribution in [0.5, 0.6) is 0 Å². The number of ether oxygens (including phenoxy) is 1. The summed E-state index contributed by atoms with van der Waals surface area (Å²) in [7, 11) is 0. The summed E-state index contributed by atoms with van der Waals surface area (Å²) in [6.07, 6.45) is 6.82. The average molecular weight is 251 g/mol. The topological polar surface area (TPSA) is 60.2 Å². The molecule has 100 valence electrons. The van der Waals surface area contributed by atoms with Crippen molar-refractivity contribution in [3.63, 3.8) is 0 Å². The van der Waals surface area contributed by atoms with Crippen LogP contribution in [-0.2, 0) is 11.2 Å². The van der Waals surface area contributed by atoms with Gasteiger partial charge in [-0.2, -0.15) is 4.98 Å². The van der Waals surface area contributed by atoms with Crippen molar-refractivity contribution in [3.8, 4) is 0 Å². The molecule has 5 nitrogen and oxygen atoms in total. The van der Waals surface area contributed by atoms with Gasteiger partial charge in [0, 0.05) is 12.5 Å². The van der Waals surface area contributed by atoms with Crippen LogP contribution in [0.2, 0.25) is 0 Å². The van der Waals surface area contributed by atoms with Crippen molar-refractivity contribution in [2.75, 3.05) is 19.7 Å². The molecule has 0 spiro atoms. The van der Waals surface area contributed by atoms with Crippen LogP contribution in [0.3, 0.4) is 0 Å². The highest BCUT2D eigenvalue weighted by Gasteiger charge is 2.22. The molecule has 1 N–H and O–H groups in total. The van der Waals surface area contributed by atoms with Gasteiger partial charge in [-0.1, -0.05) is 5.16 Å². The SMILES string of the molecule is C1CCC(Cc2nc(C3CCNCC3)no2)OC1. The van der Waals surface area contributed by atoms with Gasteiger partial charge in [0.25, 0.3) is 0 Å². The second-order valence-electron chi connectivity index (χ2n) is 5.26. The molecule has 2 saturated heterocycles. The number of aromatic nitrogens is 2. The first-order valence-corrected chi connectivity index (χ1v) is 7.06. The lowest BCUT2D eigenvalue weighted by Gasteiger charge is -2.20. The van der Waals surface area contributed by atoms with Gasteiger partial charge in [-0.3, -0.25) is 0 Å². The third kappa shape index (κ3) is 2.90. The maximum Gasteiger partial charge on any atom is 0.229 e. The summed E-state index contributed by atoms with van der Waals surface area (Å²) < 4.78 is 11.1. The van der Waals surface area contributed by atoms with Gasteiger partial charge in [0.15, 0.2) is 5.82 Å². The lowest BCUT2D eigenvalue weighted by Crippen LogP contribution is -2.27. The lowest BCUT2D eigenvalue weighted by atomic mass is 9.98. The van der Waals surface area contributed by atoms with Crippen LogP contribution in [-0.4, -0.2) is 35.9 Å². The Labute approximate surface area is 107 Å². The molecule has 0 aromatic carbocycles. The zero-order valence-corrected chi connectivity index (χ0v) is 10.7. The van der Waals surface area contributed by atoms with Crippen LogP contribution in [0.15, 0.2) is 4.52 Å². The maximum absolute atomic E-state index is 5.70. The molecule has 2 aliphatic heterocycles. The standard InChI is InChI=1S/C13H21N3O2/c1-2-8-17-11(3-1)9-12-15-13(16-18-12)10-4-6-14-7-5-10/h10-11,14H,1-9H2. The summed E-state index contributed by atoms with van der Waals surface area (Å²) in [4.78, 5) is 4.54. The molecule has 2 fully saturated rings. The van der Waals surface area contributed by atoms with Crippen molar-refractivity contribution < 1.29 is 9.26 Å². The fraction of sp³-hybridized carbons (Fsp3) is 0.846. The highest BCUT2D eigenvalue weighted by Crippen LogP contribution is 2.23. The van der Waals surface area contributed by atoms with Crippen molar-refractivity contribution >= 4 is 0 Å². The fourth-order valence-corrected chi connectivity index (χ4v) is 2.76. The minimum absolute atomic E-state index is 0.278. The highest BCUT2D eigenvalue weighted by molar-refractivity contribution is 4.98. The Morgan fingerprint density at radius 1 is 1.17 bits per heavy atom. The van der Waals surface area contributed by atoms with Gasteiger partial charge < -0.3 is 14.6 Å². The third-order valence-corrected chi connectivity index (χ3v) is 3.86. The Kier molecular flexibility index (Phi) is 3.90. The zero-order chi connectivity index (χ0) is 12.2. The van der Waals surface area contributed by atoms with Crippen LogP contribution in [0.4, 0.5) is 0 Å². The first kappa shape index (κ1) is 12.1. The molecule has 0 radical (unpaired) electrons. The third-order valence-electron chi connectivity index (χ3n) is 3.86. The molecule has 0 saturated carbocycles. The van der Waals surface area contributed by atoms with Crippen molar-refractivity contribution in [2.24, 2.45) is 0 Å². The van der Waals surface area contributed by atoms with Gasteiger partial charge in [-0.15, -0.1) is 0 Å². The summed E-state index contributed by atoms with van der Waals surface area (Å²) in [5.74, 6) is 2.11. The Balaban J connectivity index is 1.58. The van der Waals surface area contributed by atoms with E-state index in [0.717, 1.165) is 57.1 Å². The molecule has 1 atom stereocenters. The molecule has 1 aromatic rings. The first-order valence-electron chi connectivity index (χ1n) is 7.06. The second kappa shape index (κ2) is 5.80. The summed E-state index contributed by atoms with van der Waals surface area (Å²) in [6, 6.07) is 0. The van der Waals surface area contributed by atoms with E-state index < -0.39 is 0 Å². The van der Waals surface area contributed by atoms with E-state index in [0.29, 0.717) is 5.92 Å². The Morgan fingerprint density at radius 3 is 2.83 bits per heavy atom. The molecule has 0 aliphatic carbocycles. The second-order valence-corrected chi connectivity index (χ2v) is 5.26. The molecule has 1 aromatic heterocycles. The quantitative estimate of drug-likeness (QED) is 0.885. The van der Waals surface area contributed by atoms with Crippen LogP contribution in [0, 0.1) is 0 Å². The molecule has 0 amide bonds. The largest absolute Gasteiger partial charge is 0.378 e. The molecule has 0 bridgehead atoms. The van der Waals surface area contributed by atoms with E-state index in [1.807, 2.05) is 0 Å². The number of nitrogens with zero attached hydrogens (tertiary/aromatic N) is 2. The molecule has 18 heavy (non-hydrogen) atoms. The van der Waals surface area contributed by atoms with E-state index in [-0.39, 0.29) is 6.10 Å². The molecule has 3 heterocycles. The van der Waals surface area contributed by atoms with Gasteiger partial charge in [-0.25, -0.2) is 0 Å². The summed E-state index contributed by atoms with van der Waals surface area (Å²) in [5, 5.41) is 7.49. The molecule has 2 aliphatic rings. The molecule has 1 unspecified atom stereocenters. The predicted octanol–water partition coefficient (Wildman–Crippen LogP) is 1.65. The van der Waals surface area contributed by atoms with Gasteiger partial charge in [0.05, 0.1) is 12.5 Å². The number of rotatable bonds is 3. The van der Waals surface area contributed by atoms with Gasteiger partial charge in [0.2, 0.25) is 5.89 Å². The van der Waals surface area contributed by atoms with Crippen LogP contribution >= 0.6 is 0 Å². The minimum atomic E-state index is 0.278. The maximum atomic E-state index is 5.70. The summed E-state index contributed by atoms with van der Waals surface area (Å²) in [5.41, 5.74) is 0. The number of hydrogen-bond acceptors (Lipinski definition) is 5. The molecule has 3 rings (SSSR count). The number of piperidine rings is 1. The van der Waals surface area contributed by atoms with E-state index in [2.05, 4.69) is 15.5 Å². The molecule has 5 heteroatoms. The smallest absolute Gasteiger partial charge is 0.229 e. The molecular weight excluding hydrogens is 230 g/mol. The fourth-order valence-electron chi connectivity index (χ4n) is 2.76. The predicted molar refractivity (Wildman–Crippen MR) is 66.4 cm³/mol. The monoisotopic (exact) mass is 251 g/mol. The first-order chi connectivity index (χ1) is 8.92. The normalized spacial score (nSPS) is 26.3. The van der Waals surface area contributed by atoms with Crippen molar-refractivity contribution in [3.05, 3.63) is 11.7 Å². The number of nitrogens with one attached hydrogen (secondary N) is 1. The van der Waals surface area contributed by atoms with E-state index >= 15 is 0 Å². The van der Waals surface area contributed by atoms with Crippen LogP contribution in [0.1, 0.15) is 49.7 Å². The molecular formula is C13H21N3O2. The Bertz CT molecular complexity index is 368. The minimum Gasteiger partial charge on any atom is -0.378 e. The van der Waals surface area contributed by atoms with Crippen molar-refractivity contribution in [1.29, 1.82) is 0 Å². The average Bonchev–Trinajstić information content (AvgIpc) is 2.89. The van der Waals surface area contributed by atoms with E-state index in [1.54, 1.807) is 0 Å². The highest BCUT2D eigenvalue weighted by atomic mass is 16.5. The van der Waals surface area contributed by atoms with Crippen LogP contribution in [0.25, 0.3) is 0 Å². The van der Waals surface area contributed by atoms with Gasteiger partial charge >= 0.3 is 0 Å². The lowest BCUT2D eigenvalue weighted by molar-refractivity contribution is 0.0124. The van der Waals surface area contributed by atoms with Gasteiger partial charge in [0.1, 0.15) is 0 Å². The Morgan fingerprint density at radius 2 is 2.06 bits per heavy atom. The van der Waals surface area contributed by atoms with Gasteiger partial charge in [-0.05, 0) is 45.2 Å². The summed E-state index contributed by atoms with van der Waals surface area (Å²) >= 11 is 0.